The number of nitrogens with zero attached hydrogens (tertiary/aromatic N) is 2. The number of aromatic nitrogens is 1. The number of para-hydroxylation sites is 2. The van der Waals surface area contributed by atoms with Crippen LogP contribution in [0.5, 0.6) is 0 Å². The van der Waals surface area contributed by atoms with Gasteiger partial charge in [-0.2, -0.15) is 0 Å². The molecule has 0 N–H and O–H groups in total. The molecule has 0 saturated heterocycles. The van der Waals surface area contributed by atoms with Crippen LogP contribution in [-0.2, 0) is 11.3 Å². The lowest BCUT2D eigenvalue weighted by Crippen LogP contribution is -2.29. The van der Waals surface area contributed by atoms with Crippen LogP contribution in [0.2, 0.25) is 5.02 Å². The number of amides is 2. The number of oxazole rings is 1. The van der Waals surface area contributed by atoms with E-state index >= 15 is 0 Å². The molecule has 8 heteroatoms. The number of rotatable bonds is 4. The largest absolute Gasteiger partial charge is 0.452 e. The number of esters is 1. The lowest BCUT2D eigenvalue weighted by molar-refractivity contribution is 0.0440. The molecule has 152 valence electrons. The maximum Gasteiger partial charge on any atom is 0.338 e. The Morgan fingerprint density at radius 3 is 2.48 bits per heavy atom. The van der Waals surface area contributed by atoms with E-state index in [2.05, 4.69) is 4.98 Å². The van der Waals surface area contributed by atoms with Gasteiger partial charge in [0, 0.05) is 5.02 Å². The van der Waals surface area contributed by atoms with Gasteiger partial charge in [0.05, 0.1) is 22.4 Å². The minimum atomic E-state index is -0.657. The van der Waals surface area contributed by atoms with Gasteiger partial charge >= 0.3 is 5.97 Å². The van der Waals surface area contributed by atoms with Crippen molar-refractivity contribution in [2.75, 3.05) is 4.90 Å². The molecular weight excluding hydrogens is 420 g/mol. The summed E-state index contributed by atoms with van der Waals surface area (Å²) >= 11 is 5.88. The van der Waals surface area contributed by atoms with Crippen LogP contribution in [0.25, 0.3) is 11.1 Å². The lowest BCUT2D eigenvalue weighted by Gasteiger charge is -2.13. The van der Waals surface area contributed by atoms with Crippen molar-refractivity contribution >= 4 is 46.2 Å². The molecule has 0 aliphatic carbocycles. The van der Waals surface area contributed by atoms with E-state index in [1.165, 1.54) is 18.2 Å². The summed E-state index contributed by atoms with van der Waals surface area (Å²) in [6.07, 6.45) is 0. The third-order valence-corrected chi connectivity index (χ3v) is 5.12. The molecule has 4 aromatic rings. The fourth-order valence-corrected chi connectivity index (χ4v) is 3.51. The van der Waals surface area contributed by atoms with Crippen LogP contribution < -0.4 is 4.90 Å². The zero-order valence-corrected chi connectivity index (χ0v) is 16.6. The highest BCUT2D eigenvalue weighted by Gasteiger charge is 2.37. The molecule has 1 aromatic heterocycles. The molecule has 0 unspecified atom stereocenters. The topological polar surface area (TPSA) is 89.7 Å². The average Bonchev–Trinajstić information content (AvgIpc) is 3.31. The van der Waals surface area contributed by atoms with Crippen molar-refractivity contribution in [1.29, 1.82) is 0 Å². The van der Waals surface area contributed by atoms with Gasteiger partial charge in [-0.1, -0.05) is 23.7 Å². The number of imide groups is 1. The summed E-state index contributed by atoms with van der Waals surface area (Å²) < 4.78 is 10.8. The summed E-state index contributed by atoms with van der Waals surface area (Å²) in [5.41, 5.74) is 2.16. The minimum absolute atomic E-state index is 0.135. The molecule has 2 heterocycles. The second-order valence-electron chi connectivity index (χ2n) is 6.83. The van der Waals surface area contributed by atoms with Crippen LogP contribution in [0.3, 0.4) is 0 Å². The van der Waals surface area contributed by atoms with Crippen LogP contribution in [0.4, 0.5) is 5.69 Å². The van der Waals surface area contributed by atoms with E-state index < -0.39 is 17.8 Å². The van der Waals surface area contributed by atoms with E-state index in [4.69, 9.17) is 20.8 Å². The zero-order chi connectivity index (χ0) is 21.5. The Balaban J connectivity index is 1.35. The van der Waals surface area contributed by atoms with E-state index in [0.29, 0.717) is 21.8 Å². The predicted octanol–water partition coefficient (Wildman–Crippen LogP) is 4.64. The maximum absolute atomic E-state index is 12.8. The number of carbonyl (C=O) groups excluding carboxylic acids is 3. The highest BCUT2D eigenvalue weighted by molar-refractivity contribution is 6.35. The minimum Gasteiger partial charge on any atom is -0.452 e. The number of anilines is 1. The average molecular weight is 433 g/mol. The van der Waals surface area contributed by atoms with E-state index in [0.717, 1.165) is 4.90 Å². The number of fused-ring (bicyclic) bond motifs is 2. The van der Waals surface area contributed by atoms with Crippen molar-refractivity contribution in [3.05, 3.63) is 94.3 Å². The van der Waals surface area contributed by atoms with Gasteiger partial charge < -0.3 is 9.15 Å². The molecule has 0 spiro atoms. The molecule has 1 aliphatic rings. The quantitative estimate of drug-likeness (QED) is 0.345. The summed E-state index contributed by atoms with van der Waals surface area (Å²) in [5.74, 6) is -1.38. The zero-order valence-electron chi connectivity index (χ0n) is 15.9. The molecule has 3 aromatic carbocycles. The lowest BCUT2D eigenvalue weighted by atomic mass is 10.1. The van der Waals surface area contributed by atoms with E-state index in [1.807, 2.05) is 12.1 Å². The molecule has 31 heavy (non-hydrogen) atoms. The van der Waals surface area contributed by atoms with Gasteiger partial charge in [-0.25, -0.2) is 14.7 Å². The smallest absolute Gasteiger partial charge is 0.338 e. The van der Waals surface area contributed by atoms with Gasteiger partial charge in [-0.15, -0.1) is 0 Å². The number of hydrogen-bond donors (Lipinski definition) is 0. The molecule has 0 radical (unpaired) electrons. The van der Waals surface area contributed by atoms with Crippen LogP contribution in [0, 0.1) is 0 Å². The monoisotopic (exact) mass is 432 g/mol. The molecule has 0 atom stereocenters. The van der Waals surface area contributed by atoms with E-state index in [-0.39, 0.29) is 29.2 Å². The summed E-state index contributed by atoms with van der Waals surface area (Å²) in [5, 5.41) is 0.490. The van der Waals surface area contributed by atoms with Gasteiger partial charge in [0.2, 0.25) is 5.89 Å². The molecule has 0 fully saturated rings. The van der Waals surface area contributed by atoms with Crippen LogP contribution in [0.15, 0.2) is 71.1 Å². The Labute approximate surface area is 180 Å². The molecule has 0 bridgehead atoms. The highest BCUT2D eigenvalue weighted by Crippen LogP contribution is 2.30. The van der Waals surface area contributed by atoms with Crippen molar-refractivity contribution in [3.8, 4) is 0 Å². The first-order valence-corrected chi connectivity index (χ1v) is 9.69. The summed E-state index contributed by atoms with van der Waals surface area (Å²) in [4.78, 5) is 43.3. The molecule has 5 rings (SSSR count). The van der Waals surface area contributed by atoms with Gasteiger partial charge in [-0.05, 0) is 54.6 Å². The fraction of sp³-hybridized carbons (Fsp3) is 0.0435. The third kappa shape index (κ3) is 3.35. The first-order chi connectivity index (χ1) is 15.0. The van der Waals surface area contributed by atoms with Crippen LogP contribution in [0.1, 0.15) is 37.0 Å². The molecule has 1 aliphatic heterocycles. The number of ether oxygens (including phenoxy) is 1. The van der Waals surface area contributed by atoms with Gasteiger partial charge in [-0.3, -0.25) is 9.59 Å². The molecule has 0 saturated carbocycles. The standard InChI is InChI=1S/C23H13ClN2O5/c24-14-6-8-15(9-7-14)26-21(27)16-10-5-13(11-17(16)22(26)28)23(29)30-12-20-25-18-3-1-2-4-19(18)31-20/h1-11H,12H2. The Morgan fingerprint density at radius 1 is 0.968 bits per heavy atom. The Hall–Kier alpha value is -3.97. The number of hydrogen-bond acceptors (Lipinski definition) is 6. The van der Waals surface area contributed by atoms with Crippen molar-refractivity contribution < 1.29 is 23.5 Å². The molecule has 2 amide bonds. The number of carbonyl (C=O) groups is 3. The number of benzene rings is 3. The van der Waals surface area contributed by atoms with Gasteiger partial charge in [0.1, 0.15) is 5.52 Å². The maximum atomic E-state index is 12.8. The highest BCUT2D eigenvalue weighted by atomic mass is 35.5. The van der Waals surface area contributed by atoms with Crippen molar-refractivity contribution in [2.45, 2.75) is 6.61 Å². The Morgan fingerprint density at radius 2 is 1.71 bits per heavy atom. The first kappa shape index (κ1) is 19.0. The second kappa shape index (κ2) is 7.37. The Kier molecular flexibility index (Phi) is 4.52. The number of halogens is 1. The van der Waals surface area contributed by atoms with Crippen LogP contribution in [-0.4, -0.2) is 22.8 Å². The SMILES string of the molecule is O=C(OCc1nc2ccccc2o1)c1ccc2c(c1)C(=O)N(c1ccc(Cl)cc1)C2=O. The van der Waals surface area contributed by atoms with Gasteiger partial charge in [0.25, 0.3) is 11.8 Å². The predicted molar refractivity (Wildman–Crippen MR) is 112 cm³/mol. The van der Waals surface area contributed by atoms with Crippen molar-refractivity contribution in [1.82, 2.24) is 4.98 Å². The third-order valence-electron chi connectivity index (χ3n) is 4.87. The van der Waals surface area contributed by atoms with E-state index in [1.54, 1.807) is 36.4 Å². The van der Waals surface area contributed by atoms with Gasteiger partial charge in [0.15, 0.2) is 12.2 Å². The second-order valence-corrected chi connectivity index (χ2v) is 7.27. The van der Waals surface area contributed by atoms with Crippen molar-refractivity contribution in [3.63, 3.8) is 0 Å². The fourth-order valence-electron chi connectivity index (χ4n) is 3.38. The summed E-state index contributed by atoms with van der Waals surface area (Å²) in [7, 11) is 0. The van der Waals surface area contributed by atoms with Crippen molar-refractivity contribution in [2.24, 2.45) is 0 Å². The molecular formula is C23H13ClN2O5. The van der Waals surface area contributed by atoms with E-state index in [9.17, 15) is 14.4 Å². The normalized spacial score (nSPS) is 13.0. The van der Waals surface area contributed by atoms with Crippen LogP contribution >= 0.6 is 11.6 Å². The Bertz CT molecular complexity index is 1330. The summed E-state index contributed by atoms with van der Waals surface area (Å²) in [6, 6.07) is 17.8. The molecule has 7 nitrogen and oxygen atoms in total. The summed E-state index contributed by atoms with van der Waals surface area (Å²) in [6.45, 7) is -0.158. The first-order valence-electron chi connectivity index (χ1n) is 9.31.